The summed E-state index contributed by atoms with van der Waals surface area (Å²) in [5.74, 6) is -0.0385. The molecule has 0 fully saturated rings. The van der Waals surface area contributed by atoms with E-state index in [1.165, 1.54) is 6.92 Å². The van der Waals surface area contributed by atoms with Crippen LogP contribution in [0.4, 0.5) is 5.69 Å². The van der Waals surface area contributed by atoms with E-state index in [2.05, 4.69) is 9.82 Å². The fraction of sp³-hybridized carbons (Fsp3) is 0.333. The Morgan fingerprint density at radius 2 is 1.88 bits per heavy atom. The van der Waals surface area contributed by atoms with Crippen molar-refractivity contribution >= 4 is 21.6 Å². The van der Waals surface area contributed by atoms with Crippen LogP contribution in [-0.2, 0) is 34.3 Å². The highest BCUT2D eigenvalue weighted by molar-refractivity contribution is 7.89. The van der Waals surface area contributed by atoms with Crippen molar-refractivity contribution in [3.63, 3.8) is 0 Å². The Kier molecular flexibility index (Phi) is 5.92. The van der Waals surface area contributed by atoms with Gasteiger partial charge in [-0.15, -0.1) is 0 Å². The maximum Gasteiger partial charge on any atom is 0.240 e. The number of aromatic nitrogens is 2. The zero-order chi connectivity index (χ0) is 23.0. The van der Waals surface area contributed by atoms with Gasteiger partial charge in [-0.3, -0.25) is 9.48 Å². The molecule has 7 nitrogen and oxygen atoms in total. The lowest BCUT2D eigenvalue weighted by Gasteiger charge is -2.20. The van der Waals surface area contributed by atoms with Crippen molar-refractivity contribution in [2.24, 2.45) is 0 Å². The number of rotatable bonds is 6. The molecule has 8 heteroatoms. The summed E-state index contributed by atoms with van der Waals surface area (Å²) in [4.78, 5) is 13.9. The SMILES string of the molecule is CC(=O)N1c2ccc(S(=O)(=O)NCc3c(C)nn(Cc4ccccc4)c3C)cc2CC1C. The standard InChI is InChI=1S/C24H28N4O3S/c1-16-12-21-13-22(10-11-24(21)28(16)19(4)29)32(30,31)25-14-23-17(2)26-27(18(23)3)15-20-8-6-5-7-9-20/h5-11,13,16,25H,12,14-15H2,1-4H3. The van der Waals surface area contributed by atoms with Gasteiger partial charge in [0.05, 0.1) is 17.1 Å². The van der Waals surface area contributed by atoms with Crippen LogP contribution in [-0.4, -0.2) is 30.1 Å². The maximum atomic E-state index is 13.0. The van der Waals surface area contributed by atoms with E-state index in [4.69, 9.17) is 0 Å². The molecule has 0 aliphatic carbocycles. The molecule has 2 aromatic carbocycles. The number of fused-ring (bicyclic) bond motifs is 1. The van der Waals surface area contributed by atoms with Gasteiger partial charge < -0.3 is 4.90 Å². The third-order valence-electron chi connectivity index (χ3n) is 6.06. The number of amides is 1. The molecule has 0 radical (unpaired) electrons. The molecule has 32 heavy (non-hydrogen) atoms. The van der Waals surface area contributed by atoms with Gasteiger partial charge in [-0.1, -0.05) is 30.3 Å². The van der Waals surface area contributed by atoms with E-state index in [1.54, 1.807) is 23.1 Å². The molecule has 0 spiro atoms. The highest BCUT2D eigenvalue weighted by atomic mass is 32.2. The van der Waals surface area contributed by atoms with Crippen LogP contribution >= 0.6 is 0 Å². The van der Waals surface area contributed by atoms with Crippen LogP contribution in [0, 0.1) is 13.8 Å². The Bertz CT molecular complexity index is 1270. The Morgan fingerprint density at radius 1 is 1.16 bits per heavy atom. The molecule has 1 aromatic heterocycles. The van der Waals surface area contributed by atoms with Gasteiger partial charge >= 0.3 is 0 Å². The van der Waals surface area contributed by atoms with Gasteiger partial charge in [0, 0.05) is 36.5 Å². The fourth-order valence-electron chi connectivity index (χ4n) is 4.41. The van der Waals surface area contributed by atoms with Crippen molar-refractivity contribution in [1.29, 1.82) is 0 Å². The van der Waals surface area contributed by atoms with Gasteiger partial charge in [-0.2, -0.15) is 5.10 Å². The third kappa shape index (κ3) is 4.20. The molecule has 0 bridgehead atoms. The number of hydrogen-bond donors (Lipinski definition) is 1. The second kappa shape index (κ2) is 8.52. The molecule has 2 heterocycles. The van der Waals surface area contributed by atoms with Crippen molar-refractivity contribution in [2.45, 2.75) is 58.1 Å². The van der Waals surface area contributed by atoms with E-state index >= 15 is 0 Å². The summed E-state index contributed by atoms with van der Waals surface area (Å²) in [7, 11) is -3.71. The molecule has 1 atom stereocenters. The first-order chi connectivity index (χ1) is 15.2. The molecule has 1 aliphatic rings. The predicted octanol–water partition coefficient (Wildman–Crippen LogP) is 3.32. The fourth-order valence-corrected chi connectivity index (χ4v) is 5.45. The zero-order valence-corrected chi connectivity index (χ0v) is 19.6. The Balaban J connectivity index is 1.52. The number of nitrogens with zero attached hydrogens (tertiary/aromatic N) is 3. The van der Waals surface area contributed by atoms with Gasteiger partial charge in [-0.25, -0.2) is 13.1 Å². The minimum atomic E-state index is -3.71. The number of anilines is 1. The highest BCUT2D eigenvalue weighted by Gasteiger charge is 2.30. The first-order valence-electron chi connectivity index (χ1n) is 10.7. The van der Waals surface area contributed by atoms with Gasteiger partial charge in [0.1, 0.15) is 0 Å². The van der Waals surface area contributed by atoms with Crippen LogP contribution in [0.2, 0.25) is 0 Å². The first-order valence-corrected chi connectivity index (χ1v) is 12.1. The molecule has 3 aromatic rings. The second-order valence-electron chi connectivity index (χ2n) is 8.35. The van der Waals surface area contributed by atoms with Crippen LogP contribution in [0.1, 0.15) is 41.9 Å². The molecule has 1 aliphatic heterocycles. The molecular formula is C24H28N4O3S. The number of sulfonamides is 1. The average Bonchev–Trinajstić information content (AvgIpc) is 3.21. The largest absolute Gasteiger partial charge is 0.309 e. The van der Waals surface area contributed by atoms with Crippen LogP contribution in [0.5, 0.6) is 0 Å². The predicted molar refractivity (Wildman–Crippen MR) is 124 cm³/mol. The number of benzene rings is 2. The molecule has 1 amide bonds. The van der Waals surface area contributed by atoms with E-state index in [-0.39, 0.29) is 23.4 Å². The summed E-state index contributed by atoms with van der Waals surface area (Å²) in [6.45, 7) is 8.15. The molecular weight excluding hydrogens is 424 g/mol. The molecule has 168 valence electrons. The van der Waals surface area contributed by atoms with Crippen molar-refractivity contribution in [3.8, 4) is 0 Å². The number of carbonyl (C=O) groups excluding carboxylic acids is 1. The number of nitrogens with one attached hydrogen (secondary N) is 1. The molecule has 0 saturated carbocycles. The number of aryl methyl sites for hydroxylation is 1. The van der Waals surface area contributed by atoms with Crippen LogP contribution in [0.3, 0.4) is 0 Å². The topological polar surface area (TPSA) is 84.3 Å². The Labute approximate surface area is 189 Å². The van der Waals surface area contributed by atoms with Crippen LogP contribution < -0.4 is 9.62 Å². The van der Waals surface area contributed by atoms with Crippen molar-refractivity contribution in [1.82, 2.24) is 14.5 Å². The smallest absolute Gasteiger partial charge is 0.240 e. The summed E-state index contributed by atoms with van der Waals surface area (Å²) in [5, 5.41) is 4.60. The summed E-state index contributed by atoms with van der Waals surface area (Å²) >= 11 is 0. The van der Waals surface area contributed by atoms with Gasteiger partial charge in [0.15, 0.2) is 0 Å². The van der Waals surface area contributed by atoms with Crippen LogP contribution in [0.15, 0.2) is 53.4 Å². The van der Waals surface area contributed by atoms with E-state index in [0.29, 0.717) is 13.0 Å². The van der Waals surface area contributed by atoms with E-state index in [1.807, 2.05) is 55.8 Å². The van der Waals surface area contributed by atoms with Gasteiger partial charge in [0.25, 0.3) is 0 Å². The monoisotopic (exact) mass is 452 g/mol. The lowest BCUT2D eigenvalue weighted by molar-refractivity contribution is -0.116. The zero-order valence-electron chi connectivity index (χ0n) is 18.8. The highest BCUT2D eigenvalue weighted by Crippen LogP contribution is 2.34. The maximum absolute atomic E-state index is 13.0. The van der Waals surface area contributed by atoms with E-state index in [0.717, 1.165) is 33.8 Å². The quantitative estimate of drug-likeness (QED) is 0.622. The lowest BCUT2D eigenvalue weighted by atomic mass is 10.1. The third-order valence-corrected chi connectivity index (χ3v) is 7.46. The van der Waals surface area contributed by atoms with Gasteiger partial charge in [0.2, 0.25) is 15.9 Å². The van der Waals surface area contributed by atoms with Crippen molar-refractivity contribution in [3.05, 3.63) is 76.6 Å². The molecule has 1 N–H and O–H groups in total. The second-order valence-corrected chi connectivity index (χ2v) is 10.1. The van der Waals surface area contributed by atoms with Crippen molar-refractivity contribution in [2.75, 3.05) is 4.90 Å². The van der Waals surface area contributed by atoms with Crippen LogP contribution in [0.25, 0.3) is 0 Å². The summed E-state index contributed by atoms with van der Waals surface area (Å²) in [5.41, 5.74) is 5.42. The summed E-state index contributed by atoms with van der Waals surface area (Å²) in [6, 6.07) is 15.0. The normalized spacial score (nSPS) is 15.8. The summed E-state index contributed by atoms with van der Waals surface area (Å²) < 4.78 is 30.6. The Morgan fingerprint density at radius 3 is 2.56 bits per heavy atom. The Hall–Kier alpha value is -2.97. The lowest BCUT2D eigenvalue weighted by Crippen LogP contribution is -2.33. The minimum absolute atomic E-state index is 0.0224. The van der Waals surface area contributed by atoms with Gasteiger partial charge in [-0.05, 0) is 56.5 Å². The average molecular weight is 453 g/mol. The van der Waals surface area contributed by atoms with E-state index in [9.17, 15) is 13.2 Å². The minimum Gasteiger partial charge on any atom is -0.309 e. The first kappa shape index (κ1) is 22.2. The number of carbonyl (C=O) groups is 1. The molecule has 1 unspecified atom stereocenters. The van der Waals surface area contributed by atoms with Crippen molar-refractivity contribution < 1.29 is 13.2 Å². The molecule has 0 saturated heterocycles. The number of hydrogen-bond acceptors (Lipinski definition) is 4. The summed E-state index contributed by atoms with van der Waals surface area (Å²) in [6.07, 6.45) is 0.642. The molecule has 4 rings (SSSR count). The van der Waals surface area contributed by atoms with E-state index < -0.39 is 10.0 Å².